The fraction of sp³-hybridized carbons (Fsp3) is 1.00. The molecule has 1 heterocycles. The van der Waals surface area contributed by atoms with E-state index >= 15 is 0 Å². The highest BCUT2D eigenvalue weighted by Gasteiger charge is 2.11. The van der Waals surface area contributed by atoms with Gasteiger partial charge in [-0.05, 0) is 32.2 Å². The average molecular weight is 211 g/mol. The molecule has 0 radical (unpaired) electrons. The maximum atomic E-state index is 3.43. The van der Waals surface area contributed by atoms with Gasteiger partial charge in [0.1, 0.15) is 0 Å². The summed E-state index contributed by atoms with van der Waals surface area (Å²) >= 11 is 0. The number of rotatable bonds is 0. The van der Waals surface area contributed by atoms with Gasteiger partial charge in [-0.15, -0.1) is 0 Å². The second-order valence-corrected chi connectivity index (χ2v) is 5.47. The number of hydrogen-bond donors (Lipinski definition) is 1. The zero-order valence-corrected chi connectivity index (χ0v) is 10.7. The molecular formula is C14H29N. The number of piperidine rings is 1. The summed E-state index contributed by atoms with van der Waals surface area (Å²) in [7, 11) is 0. The topological polar surface area (TPSA) is 12.0 Å². The van der Waals surface area contributed by atoms with Crippen molar-refractivity contribution < 1.29 is 0 Å². The maximum absolute atomic E-state index is 3.43. The molecule has 2 unspecified atom stereocenters. The first kappa shape index (κ1) is 13.0. The molecule has 15 heavy (non-hydrogen) atoms. The summed E-state index contributed by atoms with van der Waals surface area (Å²) in [6, 6.07) is 0.770. The molecule has 1 aliphatic heterocycles. The van der Waals surface area contributed by atoms with Gasteiger partial charge < -0.3 is 5.32 Å². The lowest BCUT2D eigenvalue weighted by atomic mass is 9.98. The van der Waals surface area contributed by atoms with Crippen LogP contribution in [0.25, 0.3) is 0 Å². The van der Waals surface area contributed by atoms with Gasteiger partial charge in [0.25, 0.3) is 0 Å². The summed E-state index contributed by atoms with van der Waals surface area (Å²) in [5.41, 5.74) is 0. The van der Waals surface area contributed by atoms with Gasteiger partial charge in [0.2, 0.25) is 0 Å². The van der Waals surface area contributed by atoms with E-state index in [4.69, 9.17) is 0 Å². The highest BCUT2D eigenvalue weighted by atomic mass is 14.9. The fourth-order valence-corrected chi connectivity index (χ4v) is 2.38. The molecule has 1 N–H and O–H groups in total. The molecule has 90 valence electrons. The van der Waals surface area contributed by atoms with Crippen molar-refractivity contribution in [3.8, 4) is 0 Å². The minimum absolute atomic E-state index is 0.770. The monoisotopic (exact) mass is 211 g/mol. The Hall–Kier alpha value is -0.0400. The Bertz CT molecular complexity index is 107. The summed E-state index contributed by atoms with van der Waals surface area (Å²) in [6.07, 6.45) is 13.3. The molecule has 0 spiro atoms. The molecule has 1 saturated heterocycles. The Morgan fingerprint density at radius 1 is 0.733 bits per heavy atom. The number of nitrogens with one attached hydrogen (secondary N) is 1. The van der Waals surface area contributed by atoms with Gasteiger partial charge in [0.15, 0.2) is 0 Å². The Labute approximate surface area is 96.0 Å². The van der Waals surface area contributed by atoms with Crippen molar-refractivity contribution in [2.45, 2.75) is 77.7 Å². The third-order valence-corrected chi connectivity index (χ3v) is 3.66. The summed E-state index contributed by atoms with van der Waals surface area (Å²) in [4.78, 5) is 0. The molecular weight excluding hydrogens is 182 g/mol. The molecule has 2 atom stereocenters. The molecule has 2 rings (SSSR count). The van der Waals surface area contributed by atoms with Crippen LogP contribution in [0.2, 0.25) is 0 Å². The zero-order valence-electron chi connectivity index (χ0n) is 10.7. The summed E-state index contributed by atoms with van der Waals surface area (Å²) < 4.78 is 0. The molecule has 0 aromatic rings. The van der Waals surface area contributed by atoms with E-state index in [-0.39, 0.29) is 0 Å². The summed E-state index contributed by atoms with van der Waals surface area (Å²) in [6.45, 7) is 5.78. The van der Waals surface area contributed by atoms with Crippen LogP contribution < -0.4 is 5.32 Å². The van der Waals surface area contributed by atoms with Crippen LogP contribution in [0.15, 0.2) is 0 Å². The van der Waals surface area contributed by atoms with Gasteiger partial charge in [-0.2, -0.15) is 0 Å². The van der Waals surface area contributed by atoms with Crippen molar-refractivity contribution in [1.29, 1.82) is 0 Å². The minimum Gasteiger partial charge on any atom is -0.314 e. The van der Waals surface area contributed by atoms with Crippen molar-refractivity contribution in [3.63, 3.8) is 0 Å². The summed E-state index contributed by atoms with van der Waals surface area (Å²) in [5.74, 6) is 0.909. The van der Waals surface area contributed by atoms with E-state index in [0.29, 0.717) is 0 Å². The van der Waals surface area contributed by atoms with Gasteiger partial charge in [0, 0.05) is 6.04 Å². The second kappa shape index (κ2) is 8.15. The molecule has 2 fully saturated rings. The van der Waals surface area contributed by atoms with Gasteiger partial charge in [0.05, 0.1) is 0 Å². The lowest BCUT2D eigenvalue weighted by Crippen LogP contribution is -2.35. The molecule has 1 saturated carbocycles. The normalized spacial score (nSPS) is 32.4. The van der Waals surface area contributed by atoms with E-state index in [1.807, 2.05) is 0 Å². The first-order chi connectivity index (χ1) is 7.29. The van der Waals surface area contributed by atoms with Crippen molar-refractivity contribution in [1.82, 2.24) is 5.32 Å². The molecule has 0 bridgehead atoms. The van der Waals surface area contributed by atoms with Crippen LogP contribution in [-0.2, 0) is 0 Å². The van der Waals surface area contributed by atoms with Crippen LogP contribution in [0.1, 0.15) is 71.6 Å². The SMILES string of the molecule is C1CCCCCC1.CC1CCC(C)NC1. The van der Waals surface area contributed by atoms with Crippen LogP contribution in [-0.4, -0.2) is 12.6 Å². The maximum Gasteiger partial charge on any atom is 0.00389 e. The molecule has 0 aromatic carbocycles. The Kier molecular flexibility index (Phi) is 7.08. The predicted octanol–water partition coefficient (Wildman–Crippen LogP) is 4.13. The Morgan fingerprint density at radius 3 is 1.47 bits per heavy atom. The van der Waals surface area contributed by atoms with E-state index in [2.05, 4.69) is 19.2 Å². The van der Waals surface area contributed by atoms with Gasteiger partial charge in [-0.3, -0.25) is 0 Å². The summed E-state index contributed by atoms with van der Waals surface area (Å²) in [5, 5.41) is 3.43. The Morgan fingerprint density at radius 2 is 1.20 bits per heavy atom. The highest BCUT2D eigenvalue weighted by Crippen LogP contribution is 2.15. The van der Waals surface area contributed by atoms with Crippen molar-refractivity contribution in [2.75, 3.05) is 6.54 Å². The Balaban J connectivity index is 0.000000151. The highest BCUT2D eigenvalue weighted by molar-refractivity contribution is 4.71. The largest absolute Gasteiger partial charge is 0.314 e. The van der Waals surface area contributed by atoms with Gasteiger partial charge in [-0.1, -0.05) is 51.9 Å². The van der Waals surface area contributed by atoms with E-state index in [0.717, 1.165) is 12.0 Å². The van der Waals surface area contributed by atoms with E-state index in [1.165, 1.54) is 64.3 Å². The van der Waals surface area contributed by atoms with Crippen molar-refractivity contribution in [3.05, 3.63) is 0 Å². The van der Waals surface area contributed by atoms with E-state index < -0.39 is 0 Å². The quantitative estimate of drug-likeness (QED) is 0.594. The molecule has 0 amide bonds. The van der Waals surface area contributed by atoms with E-state index in [1.54, 1.807) is 0 Å². The van der Waals surface area contributed by atoms with Crippen LogP contribution in [0.5, 0.6) is 0 Å². The first-order valence-electron chi connectivity index (χ1n) is 7.02. The molecule has 1 aliphatic carbocycles. The fourth-order valence-electron chi connectivity index (χ4n) is 2.38. The first-order valence-corrected chi connectivity index (χ1v) is 7.02. The lowest BCUT2D eigenvalue weighted by Gasteiger charge is -2.24. The van der Waals surface area contributed by atoms with Gasteiger partial charge >= 0.3 is 0 Å². The minimum atomic E-state index is 0.770. The number of hydrogen-bond acceptors (Lipinski definition) is 1. The van der Waals surface area contributed by atoms with Gasteiger partial charge in [-0.25, -0.2) is 0 Å². The third-order valence-electron chi connectivity index (χ3n) is 3.66. The van der Waals surface area contributed by atoms with E-state index in [9.17, 15) is 0 Å². The second-order valence-electron chi connectivity index (χ2n) is 5.47. The molecule has 1 heteroatoms. The molecule has 1 nitrogen and oxygen atoms in total. The molecule has 2 aliphatic rings. The smallest absolute Gasteiger partial charge is 0.00389 e. The standard InChI is InChI=1S/C7H15N.C7H14/c1-6-3-4-7(2)8-5-6;1-2-4-6-7-5-3-1/h6-8H,3-5H2,1-2H3;1-7H2. The van der Waals surface area contributed by atoms with Crippen LogP contribution in [0, 0.1) is 5.92 Å². The average Bonchev–Trinajstić information content (AvgIpc) is 2.55. The van der Waals surface area contributed by atoms with Crippen molar-refractivity contribution >= 4 is 0 Å². The van der Waals surface area contributed by atoms with Crippen molar-refractivity contribution in [2.24, 2.45) is 5.92 Å². The van der Waals surface area contributed by atoms with Crippen LogP contribution in [0.3, 0.4) is 0 Å². The zero-order chi connectivity index (χ0) is 10.9. The molecule has 0 aromatic heterocycles. The third kappa shape index (κ3) is 6.94. The van der Waals surface area contributed by atoms with Crippen LogP contribution in [0.4, 0.5) is 0 Å². The lowest BCUT2D eigenvalue weighted by molar-refractivity contribution is 0.343. The predicted molar refractivity (Wildman–Crippen MR) is 68.2 cm³/mol. The van der Waals surface area contributed by atoms with Crippen LogP contribution >= 0.6 is 0 Å².